The molecule has 0 spiro atoms. The number of nitriles is 1. The van der Waals surface area contributed by atoms with Crippen LogP contribution in [0.15, 0.2) is 42.6 Å². The van der Waals surface area contributed by atoms with Crippen LogP contribution in [0.1, 0.15) is 23.6 Å². The van der Waals surface area contributed by atoms with Gasteiger partial charge < -0.3 is 5.73 Å². The molecule has 2 N–H and O–H groups in total. The van der Waals surface area contributed by atoms with Crippen molar-refractivity contribution in [2.45, 2.75) is 25.1 Å². The van der Waals surface area contributed by atoms with E-state index in [4.69, 9.17) is 29.6 Å². The third kappa shape index (κ3) is 3.81. The first-order valence-electron chi connectivity index (χ1n) is 8.09. The molecule has 0 aliphatic rings. The minimum Gasteiger partial charge on any atom is -0.389 e. The summed E-state index contributed by atoms with van der Waals surface area (Å²) in [4.78, 5) is -0.0809. The summed E-state index contributed by atoms with van der Waals surface area (Å²) < 4.78 is 41.2. The highest BCUT2D eigenvalue weighted by Crippen LogP contribution is 2.35. The second-order valence-electron chi connectivity index (χ2n) is 6.60. The van der Waals surface area contributed by atoms with Gasteiger partial charge in [-0.3, -0.25) is 4.68 Å². The SMILES string of the molecule is CC(C#N)(Cn1cc2ccc(Cl)cc2n1)c1cc(C(F)(F)F)ccc1C(N)=S. The molecule has 0 fully saturated rings. The summed E-state index contributed by atoms with van der Waals surface area (Å²) in [6.07, 6.45) is -2.85. The van der Waals surface area contributed by atoms with E-state index >= 15 is 0 Å². The maximum Gasteiger partial charge on any atom is 0.416 e. The average Bonchev–Trinajstić information content (AvgIpc) is 3.01. The van der Waals surface area contributed by atoms with Gasteiger partial charge in [0, 0.05) is 22.2 Å². The van der Waals surface area contributed by atoms with Crippen LogP contribution >= 0.6 is 23.8 Å². The number of fused-ring (bicyclic) bond motifs is 1. The number of hydrogen-bond acceptors (Lipinski definition) is 3. The van der Waals surface area contributed by atoms with Crippen LogP contribution in [0.25, 0.3) is 10.9 Å². The Bertz CT molecular complexity index is 1120. The lowest BCUT2D eigenvalue weighted by atomic mass is 9.80. The molecule has 0 aliphatic carbocycles. The van der Waals surface area contributed by atoms with Crippen molar-refractivity contribution in [1.29, 1.82) is 5.26 Å². The lowest BCUT2D eigenvalue weighted by molar-refractivity contribution is -0.137. The summed E-state index contributed by atoms with van der Waals surface area (Å²) in [7, 11) is 0. The van der Waals surface area contributed by atoms with E-state index in [1.165, 1.54) is 17.7 Å². The van der Waals surface area contributed by atoms with E-state index in [0.29, 0.717) is 10.5 Å². The summed E-state index contributed by atoms with van der Waals surface area (Å²) >= 11 is 10.9. The predicted molar refractivity (Wildman–Crippen MR) is 105 cm³/mol. The first-order chi connectivity index (χ1) is 13.0. The van der Waals surface area contributed by atoms with Gasteiger partial charge >= 0.3 is 6.18 Å². The predicted octanol–water partition coefficient (Wildman–Crippen LogP) is 4.82. The van der Waals surface area contributed by atoms with Crippen LogP contribution in [-0.4, -0.2) is 14.8 Å². The highest BCUT2D eigenvalue weighted by atomic mass is 35.5. The third-order valence-electron chi connectivity index (χ3n) is 4.45. The number of halogens is 4. The lowest BCUT2D eigenvalue weighted by Gasteiger charge is -2.26. The molecule has 0 bridgehead atoms. The summed E-state index contributed by atoms with van der Waals surface area (Å²) in [6, 6.07) is 10.3. The normalized spacial score (nSPS) is 13.9. The molecule has 1 unspecified atom stereocenters. The van der Waals surface area contributed by atoms with E-state index in [9.17, 15) is 18.4 Å². The minimum absolute atomic E-state index is 0.00667. The van der Waals surface area contributed by atoms with Gasteiger partial charge in [0.05, 0.1) is 29.1 Å². The Hall–Kier alpha value is -2.63. The lowest BCUT2D eigenvalue weighted by Crippen LogP contribution is -2.30. The van der Waals surface area contributed by atoms with E-state index in [0.717, 1.165) is 17.5 Å². The Morgan fingerprint density at radius 2 is 2.00 bits per heavy atom. The fraction of sp³-hybridized carbons (Fsp3) is 0.211. The Balaban J connectivity index is 2.11. The van der Waals surface area contributed by atoms with Crippen molar-refractivity contribution in [3.05, 3.63) is 64.3 Å². The summed E-state index contributed by atoms with van der Waals surface area (Å²) in [5.74, 6) is 0. The van der Waals surface area contributed by atoms with Gasteiger partial charge in [-0.15, -0.1) is 0 Å². The minimum atomic E-state index is -4.56. The zero-order valence-electron chi connectivity index (χ0n) is 14.6. The molecule has 1 aromatic heterocycles. The second kappa shape index (κ2) is 7.08. The average molecular weight is 423 g/mol. The van der Waals surface area contributed by atoms with Crippen molar-refractivity contribution in [3.8, 4) is 6.07 Å². The fourth-order valence-corrected chi connectivity index (χ4v) is 3.36. The van der Waals surface area contributed by atoms with Gasteiger partial charge in [-0.25, -0.2) is 0 Å². The zero-order chi connectivity index (χ0) is 20.7. The molecule has 1 heterocycles. The maximum atomic E-state index is 13.2. The smallest absolute Gasteiger partial charge is 0.389 e. The van der Waals surface area contributed by atoms with Crippen LogP contribution in [-0.2, 0) is 18.1 Å². The van der Waals surface area contributed by atoms with Crippen LogP contribution < -0.4 is 5.73 Å². The molecule has 3 rings (SSSR count). The Kier molecular flexibility index (Phi) is 5.08. The van der Waals surface area contributed by atoms with Crippen molar-refractivity contribution in [2.24, 2.45) is 5.73 Å². The van der Waals surface area contributed by atoms with E-state index in [-0.39, 0.29) is 22.7 Å². The monoisotopic (exact) mass is 422 g/mol. The molecule has 0 saturated heterocycles. The van der Waals surface area contributed by atoms with Crippen LogP contribution in [0.5, 0.6) is 0 Å². The number of nitrogens with zero attached hydrogens (tertiary/aromatic N) is 3. The first-order valence-corrected chi connectivity index (χ1v) is 8.87. The first kappa shape index (κ1) is 20.1. The number of rotatable bonds is 4. The number of benzene rings is 2. The number of nitrogens with two attached hydrogens (primary N) is 1. The van der Waals surface area contributed by atoms with Gasteiger partial charge in [0.15, 0.2) is 0 Å². The molecule has 0 amide bonds. The van der Waals surface area contributed by atoms with Crippen molar-refractivity contribution < 1.29 is 13.2 Å². The Labute approximate surface area is 169 Å². The molecule has 144 valence electrons. The quantitative estimate of drug-likeness (QED) is 0.612. The maximum absolute atomic E-state index is 13.2. The van der Waals surface area contributed by atoms with Crippen LogP contribution in [0.2, 0.25) is 5.02 Å². The van der Waals surface area contributed by atoms with Crippen LogP contribution in [0, 0.1) is 11.3 Å². The highest BCUT2D eigenvalue weighted by molar-refractivity contribution is 7.80. The molecule has 2 aromatic carbocycles. The third-order valence-corrected chi connectivity index (χ3v) is 4.90. The van der Waals surface area contributed by atoms with Crippen molar-refractivity contribution in [3.63, 3.8) is 0 Å². The molecule has 0 radical (unpaired) electrons. The zero-order valence-corrected chi connectivity index (χ0v) is 16.2. The molecule has 0 saturated carbocycles. The summed E-state index contributed by atoms with van der Waals surface area (Å²) in [5, 5.41) is 15.5. The van der Waals surface area contributed by atoms with Gasteiger partial charge in [0.1, 0.15) is 4.99 Å². The number of aromatic nitrogens is 2. The Morgan fingerprint density at radius 3 is 2.61 bits per heavy atom. The van der Waals surface area contributed by atoms with Crippen LogP contribution in [0.4, 0.5) is 13.2 Å². The topological polar surface area (TPSA) is 67.6 Å². The van der Waals surface area contributed by atoms with Gasteiger partial charge in [0.25, 0.3) is 0 Å². The molecule has 9 heteroatoms. The molecule has 28 heavy (non-hydrogen) atoms. The van der Waals surface area contributed by atoms with E-state index in [1.54, 1.807) is 24.4 Å². The van der Waals surface area contributed by atoms with Crippen molar-refractivity contribution in [2.75, 3.05) is 0 Å². The molecule has 1 atom stereocenters. The molecular formula is C19H14ClF3N4S. The number of hydrogen-bond donors (Lipinski definition) is 1. The standard InChI is InChI=1S/C19H14ClF3N4S/c1-18(9-24,10-27-8-11-2-4-13(20)7-16(11)26-27)15-6-12(19(21,22)23)3-5-14(15)17(25)28/h2-8H,10H2,1H3,(H2,25,28). The number of alkyl halides is 3. The van der Waals surface area contributed by atoms with Gasteiger partial charge in [0.2, 0.25) is 0 Å². The Morgan fingerprint density at radius 1 is 1.29 bits per heavy atom. The molecule has 4 nitrogen and oxygen atoms in total. The van der Waals surface area contributed by atoms with Gasteiger partial charge in [-0.2, -0.15) is 23.5 Å². The summed E-state index contributed by atoms with van der Waals surface area (Å²) in [6.45, 7) is 1.54. The van der Waals surface area contributed by atoms with Crippen molar-refractivity contribution >= 4 is 39.7 Å². The molecular weight excluding hydrogens is 409 g/mol. The fourth-order valence-electron chi connectivity index (χ4n) is 3.02. The second-order valence-corrected chi connectivity index (χ2v) is 7.47. The highest BCUT2D eigenvalue weighted by Gasteiger charge is 2.36. The summed E-state index contributed by atoms with van der Waals surface area (Å²) in [5.41, 5.74) is 4.42. The van der Waals surface area contributed by atoms with E-state index in [1.807, 2.05) is 0 Å². The van der Waals surface area contributed by atoms with E-state index < -0.39 is 17.2 Å². The molecule has 0 aliphatic heterocycles. The van der Waals surface area contributed by atoms with E-state index in [2.05, 4.69) is 11.2 Å². The largest absolute Gasteiger partial charge is 0.416 e. The van der Waals surface area contributed by atoms with Crippen LogP contribution in [0.3, 0.4) is 0 Å². The van der Waals surface area contributed by atoms with Gasteiger partial charge in [-0.1, -0.05) is 29.9 Å². The van der Waals surface area contributed by atoms with Gasteiger partial charge in [-0.05, 0) is 42.8 Å². The molecule has 3 aromatic rings. The van der Waals surface area contributed by atoms with Crippen molar-refractivity contribution in [1.82, 2.24) is 9.78 Å². The number of thiocarbonyl (C=S) groups is 1.